The van der Waals surface area contributed by atoms with Crippen molar-refractivity contribution in [2.45, 2.75) is 32.1 Å². The SMILES string of the molecule is I.c1ccc(NC(=NCCCCNc2ccccn2)N2CCCCC2)cc1. The molecule has 1 aromatic carbocycles. The van der Waals surface area contributed by atoms with E-state index in [-0.39, 0.29) is 24.0 Å². The Morgan fingerprint density at radius 3 is 2.48 bits per heavy atom. The minimum absolute atomic E-state index is 0. The van der Waals surface area contributed by atoms with Gasteiger partial charge in [-0.1, -0.05) is 24.3 Å². The third-order valence-electron chi connectivity index (χ3n) is 4.50. The zero-order valence-corrected chi connectivity index (χ0v) is 18.1. The minimum Gasteiger partial charge on any atom is -0.370 e. The second kappa shape index (κ2) is 12.5. The number of aromatic nitrogens is 1. The van der Waals surface area contributed by atoms with E-state index in [1.54, 1.807) is 0 Å². The molecule has 0 bridgehead atoms. The van der Waals surface area contributed by atoms with Crippen LogP contribution in [0.2, 0.25) is 0 Å². The summed E-state index contributed by atoms with van der Waals surface area (Å²) >= 11 is 0. The number of anilines is 2. The lowest BCUT2D eigenvalue weighted by Gasteiger charge is -2.30. The van der Waals surface area contributed by atoms with Crippen LogP contribution in [-0.2, 0) is 0 Å². The molecule has 6 heteroatoms. The van der Waals surface area contributed by atoms with Crippen LogP contribution in [0.3, 0.4) is 0 Å². The number of unbranched alkanes of at least 4 members (excludes halogenated alkanes) is 1. The third-order valence-corrected chi connectivity index (χ3v) is 4.50. The lowest BCUT2D eigenvalue weighted by molar-refractivity contribution is 0.340. The van der Waals surface area contributed by atoms with Gasteiger partial charge in [-0.25, -0.2) is 4.98 Å². The normalized spacial score (nSPS) is 14.4. The Balaban J connectivity index is 0.00000261. The lowest BCUT2D eigenvalue weighted by atomic mass is 10.1. The van der Waals surface area contributed by atoms with E-state index in [0.29, 0.717) is 0 Å². The van der Waals surface area contributed by atoms with E-state index in [9.17, 15) is 0 Å². The van der Waals surface area contributed by atoms with E-state index in [1.807, 2.05) is 30.5 Å². The molecule has 1 aromatic heterocycles. The van der Waals surface area contributed by atoms with Crippen LogP contribution in [0.4, 0.5) is 11.5 Å². The summed E-state index contributed by atoms with van der Waals surface area (Å²) in [6.07, 6.45) is 7.79. The van der Waals surface area contributed by atoms with E-state index in [1.165, 1.54) is 19.3 Å². The average molecular weight is 479 g/mol. The number of pyridine rings is 1. The summed E-state index contributed by atoms with van der Waals surface area (Å²) in [6.45, 7) is 3.97. The number of benzene rings is 1. The molecule has 1 aliphatic rings. The molecule has 1 aliphatic heterocycles. The standard InChI is InChI=1S/C21H29N5.HI/c1-3-11-19(12-4-1)25-21(26-17-9-2-10-18-26)24-16-8-7-15-23-20-13-5-6-14-22-20;/h1,3-6,11-14H,2,7-10,15-18H2,(H,22,23)(H,24,25);1H. The lowest BCUT2D eigenvalue weighted by Crippen LogP contribution is -2.40. The van der Waals surface area contributed by atoms with E-state index in [0.717, 1.165) is 56.5 Å². The van der Waals surface area contributed by atoms with Crippen molar-refractivity contribution in [2.24, 2.45) is 4.99 Å². The molecule has 3 rings (SSSR count). The quantitative estimate of drug-likeness (QED) is 0.258. The molecule has 0 spiro atoms. The molecule has 2 N–H and O–H groups in total. The van der Waals surface area contributed by atoms with Gasteiger partial charge in [-0.2, -0.15) is 0 Å². The van der Waals surface area contributed by atoms with Crippen LogP contribution in [0.15, 0.2) is 59.7 Å². The van der Waals surface area contributed by atoms with Gasteiger partial charge in [0.15, 0.2) is 5.96 Å². The topological polar surface area (TPSA) is 52.6 Å². The highest BCUT2D eigenvalue weighted by atomic mass is 127. The predicted octanol–water partition coefficient (Wildman–Crippen LogP) is 4.85. The van der Waals surface area contributed by atoms with Crippen LogP contribution in [0.5, 0.6) is 0 Å². The van der Waals surface area contributed by atoms with Gasteiger partial charge in [-0.3, -0.25) is 4.99 Å². The highest BCUT2D eigenvalue weighted by Crippen LogP contribution is 2.13. The van der Waals surface area contributed by atoms with Crippen molar-refractivity contribution in [1.82, 2.24) is 9.88 Å². The number of para-hydroxylation sites is 1. The zero-order chi connectivity index (χ0) is 17.9. The van der Waals surface area contributed by atoms with Crippen molar-refractivity contribution in [3.63, 3.8) is 0 Å². The Bertz CT molecular complexity index is 657. The number of nitrogens with one attached hydrogen (secondary N) is 2. The first kappa shape index (κ1) is 21.5. The molecule has 2 heterocycles. The summed E-state index contributed by atoms with van der Waals surface area (Å²) in [4.78, 5) is 11.5. The van der Waals surface area contributed by atoms with Crippen LogP contribution >= 0.6 is 24.0 Å². The predicted molar refractivity (Wildman–Crippen MR) is 125 cm³/mol. The van der Waals surface area contributed by atoms with E-state index < -0.39 is 0 Å². The summed E-state index contributed by atoms with van der Waals surface area (Å²) in [5.41, 5.74) is 1.11. The smallest absolute Gasteiger partial charge is 0.198 e. The minimum atomic E-state index is 0. The maximum absolute atomic E-state index is 4.88. The molecule has 1 fully saturated rings. The van der Waals surface area contributed by atoms with Gasteiger partial charge >= 0.3 is 0 Å². The number of likely N-dealkylation sites (tertiary alicyclic amines) is 1. The molecule has 27 heavy (non-hydrogen) atoms. The molecule has 0 aliphatic carbocycles. The van der Waals surface area contributed by atoms with Crippen molar-refractivity contribution >= 4 is 41.4 Å². The van der Waals surface area contributed by atoms with Gasteiger partial charge in [0.05, 0.1) is 0 Å². The summed E-state index contributed by atoms with van der Waals surface area (Å²) in [6, 6.07) is 16.3. The second-order valence-electron chi connectivity index (χ2n) is 6.59. The van der Waals surface area contributed by atoms with Crippen molar-refractivity contribution in [1.29, 1.82) is 0 Å². The highest BCUT2D eigenvalue weighted by Gasteiger charge is 2.14. The van der Waals surface area contributed by atoms with Crippen molar-refractivity contribution in [2.75, 3.05) is 36.8 Å². The van der Waals surface area contributed by atoms with Crippen LogP contribution in [-0.4, -0.2) is 42.0 Å². The van der Waals surface area contributed by atoms with Gasteiger partial charge in [-0.05, 0) is 56.4 Å². The molecule has 2 aromatic rings. The molecule has 5 nitrogen and oxygen atoms in total. The molecule has 0 amide bonds. The number of guanidine groups is 1. The van der Waals surface area contributed by atoms with Crippen molar-refractivity contribution in [3.05, 3.63) is 54.7 Å². The number of hydrogen-bond acceptors (Lipinski definition) is 3. The number of piperidine rings is 1. The molecular formula is C21H30IN5. The largest absolute Gasteiger partial charge is 0.370 e. The number of aliphatic imine (C=N–C) groups is 1. The fourth-order valence-electron chi connectivity index (χ4n) is 3.08. The molecule has 1 saturated heterocycles. The summed E-state index contributed by atoms with van der Waals surface area (Å²) in [5.74, 6) is 1.96. The van der Waals surface area contributed by atoms with E-state index >= 15 is 0 Å². The number of rotatable bonds is 7. The monoisotopic (exact) mass is 479 g/mol. The van der Waals surface area contributed by atoms with Crippen molar-refractivity contribution < 1.29 is 0 Å². The molecular weight excluding hydrogens is 449 g/mol. The van der Waals surface area contributed by atoms with E-state index in [4.69, 9.17) is 4.99 Å². The highest BCUT2D eigenvalue weighted by molar-refractivity contribution is 14.0. The van der Waals surface area contributed by atoms with E-state index in [2.05, 4.69) is 44.8 Å². The summed E-state index contributed by atoms with van der Waals surface area (Å²) < 4.78 is 0. The first-order valence-corrected chi connectivity index (χ1v) is 9.68. The molecule has 0 unspecified atom stereocenters. The van der Waals surface area contributed by atoms with Gasteiger partial charge in [0.25, 0.3) is 0 Å². The first-order chi connectivity index (χ1) is 12.9. The number of hydrogen-bond donors (Lipinski definition) is 2. The van der Waals surface area contributed by atoms with Gasteiger partial charge < -0.3 is 15.5 Å². The Hall–Kier alpha value is -1.83. The Morgan fingerprint density at radius 2 is 1.74 bits per heavy atom. The first-order valence-electron chi connectivity index (χ1n) is 9.68. The maximum atomic E-state index is 4.88. The second-order valence-corrected chi connectivity index (χ2v) is 6.59. The zero-order valence-electron chi connectivity index (χ0n) is 15.8. The Labute approximate surface area is 179 Å². The van der Waals surface area contributed by atoms with Crippen LogP contribution in [0, 0.1) is 0 Å². The van der Waals surface area contributed by atoms with Gasteiger partial charge in [0.2, 0.25) is 0 Å². The summed E-state index contributed by atoms with van der Waals surface area (Å²) in [5, 5.41) is 6.87. The van der Waals surface area contributed by atoms with Gasteiger partial charge in [0, 0.05) is 38.1 Å². The van der Waals surface area contributed by atoms with Crippen LogP contribution < -0.4 is 10.6 Å². The fraction of sp³-hybridized carbons (Fsp3) is 0.429. The molecule has 0 atom stereocenters. The van der Waals surface area contributed by atoms with Gasteiger partial charge in [-0.15, -0.1) is 24.0 Å². The molecule has 0 radical (unpaired) electrons. The average Bonchev–Trinajstić information content (AvgIpc) is 2.72. The maximum Gasteiger partial charge on any atom is 0.198 e. The molecule has 0 saturated carbocycles. The molecule has 146 valence electrons. The number of nitrogens with zero attached hydrogens (tertiary/aromatic N) is 3. The van der Waals surface area contributed by atoms with Crippen molar-refractivity contribution in [3.8, 4) is 0 Å². The van der Waals surface area contributed by atoms with Gasteiger partial charge in [0.1, 0.15) is 5.82 Å². The fourth-order valence-corrected chi connectivity index (χ4v) is 3.08. The number of halogens is 1. The Morgan fingerprint density at radius 1 is 0.963 bits per heavy atom. The summed E-state index contributed by atoms with van der Waals surface area (Å²) in [7, 11) is 0. The van der Waals surface area contributed by atoms with Crippen LogP contribution in [0.1, 0.15) is 32.1 Å². The van der Waals surface area contributed by atoms with Crippen LogP contribution in [0.25, 0.3) is 0 Å². The Kier molecular flexibility index (Phi) is 9.97. The third kappa shape index (κ3) is 7.74.